The van der Waals surface area contributed by atoms with Crippen molar-refractivity contribution in [2.45, 2.75) is 13.5 Å². The number of benzene rings is 2. The second kappa shape index (κ2) is 6.05. The van der Waals surface area contributed by atoms with Crippen molar-refractivity contribution in [3.8, 4) is 0 Å². The lowest BCUT2D eigenvalue weighted by molar-refractivity contribution is 0.0471. The van der Waals surface area contributed by atoms with Gasteiger partial charge in [-0.2, -0.15) is 0 Å². The minimum atomic E-state index is -0.453. The van der Waals surface area contributed by atoms with Crippen LogP contribution in [0.25, 0.3) is 0 Å². The number of hydrogen-bond acceptors (Lipinski definition) is 3. The monoisotopic (exact) mass is 337 g/mol. The number of nitrogen functional groups attached to an aromatic ring is 1. The van der Waals surface area contributed by atoms with E-state index < -0.39 is 5.97 Å². The second-order valence-corrected chi connectivity index (χ2v) is 5.24. The molecule has 0 atom stereocenters. The highest BCUT2D eigenvalue weighted by Crippen LogP contribution is 2.20. The first kappa shape index (κ1) is 14.5. The van der Waals surface area contributed by atoms with Crippen LogP contribution in [0.5, 0.6) is 0 Å². The van der Waals surface area contributed by atoms with Gasteiger partial charge in [-0.25, -0.2) is 9.18 Å². The van der Waals surface area contributed by atoms with Crippen molar-refractivity contribution < 1.29 is 13.9 Å². The molecule has 5 heteroatoms. The molecule has 0 amide bonds. The highest BCUT2D eigenvalue weighted by atomic mass is 79.9. The molecule has 3 nitrogen and oxygen atoms in total. The van der Waals surface area contributed by atoms with Gasteiger partial charge in [0.05, 0.1) is 5.56 Å². The Kier molecular flexibility index (Phi) is 4.39. The van der Waals surface area contributed by atoms with E-state index in [4.69, 9.17) is 10.5 Å². The number of rotatable bonds is 3. The number of ether oxygens (including phenoxy) is 1. The number of halogens is 2. The Hall–Kier alpha value is -1.88. The van der Waals surface area contributed by atoms with Crippen molar-refractivity contribution in [2.75, 3.05) is 5.73 Å². The molecule has 0 spiro atoms. The van der Waals surface area contributed by atoms with Gasteiger partial charge >= 0.3 is 5.97 Å². The zero-order chi connectivity index (χ0) is 14.7. The lowest BCUT2D eigenvalue weighted by atomic mass is 10.1. The maximum absolute atomic E-state index is 13.0. The molecule has 0 aliphatic heterocycles. The van der Waals surface area contributed by atoms with E-state index in [1.54, 1.807) is 24.3 Å². The van der Waals surface area contributed by atoms with Gasteiger partial charge in [-0.15, -0.1) is 0 Å². The fourth-order valence-electron chi connectivity index (χ4n) is 1.72. The van der Waals surface area contributed by atoms with Crippen LogP contribution in [0.2, 0.25) is 0 Å². The third-order valence-electron chi connectivity index (χ3n) is 2.86. The van der Waals surface area contributed by atoms with E-state index >= 15 is 0 Å². The Balaban J connectivity index is 2.10. The Morgan fingerprint density at radius 1 is 1.30 bits per heavy atom. The first-order valence-electron chi connectivity index (χ1n) is 5.94. The number of hydrogen-bond donors (Lipinski definition) is 1. The van der Waals surface area contributed by atoms with Crippen molar-refractivity contribution in [3.63, 3.8) is 0 Å². The summed E-state index contributed by atoms with van der Waals surface area (Å²) in [7, 11) is 0. The predicted octanol–water partition coefficient (Wildman–Crippen LogP) is 3.84. The summed E-state index contributed by atoms with van der Waals surface area (Å²) in [5.74, 6) is -0.801. The van der Waals surface area contributed by atoms with Crippen molar-refractivity contribution in [3.05, 3.63) is 63.4 Å². The largest absolute Gasteiger partial charge is 0.457 e. The minimum absolute atomic E-state index is 0.0634. The molecular formula is C15H13BrFNO2. The number of aryl methyl sites for hydroxylation is 1. The van der Waals surface area contributed by atoms with Gasteiger partial charge in [0.15, 0.2) is 0 Å². The van der Waals surface area contributed by atoms with Crippen LogP contribution < -0.4 is 5.73 Å². The summed E-state index contributed by atoms with van der Waals surface area (Å²) in [5, 5.41) is 0. The molecule has 2 rings (SSSR count). The van der Waals surface area contributed by atoms with Crippen LogP contribution in [0.15, 0.2) is 40.9 Å². The summed E-state index contributed by atoms with van der Waals surface area (Å²) >= 11 is 3.23. The van der Waals surface area contributed by atoms with Gasteiger partial charge in [0.2, 0.25) is 0 Å². The fourth-order valence-corrected chi connectivity index (χ4v) is 2.18. The average Bonchev–Trinajstić information content (AvgIpc) is 2.40. The molecule has 0 aromatic heterocycles. The molecule has 2 aromatic rings. The van der Waals surface area contributed by atoms with Gasteiger partial charge in [0.25, 0.3) is 0 Å². The van der Waals surface area contributed by atoms with Crippen LogP contribution >= 0.6 is 15.9 Å². The Morgan fingerprint density at radius 2 is 2.05 bits per heavy atom. The van der Waals surface area contributed by atoms with Crippen LogP contribution in [-0.2, 0) is 11.3 Å². The van der Waals surface area contributed by atoms with Gasteiger partial charge in [-0.1, -0.05) is 28.1 Å². The topological polar surface area (TPSA) is 52.3 Å². The first-order valence-corrected chi connectivity index (χ1v) is 6.74. The Labute approximate surface area is 124 Å². The quantitative estimate of drug-likeness (QED) is 0.683. The molecule has 0 saturated heterocycles. The van der Waals surface area contributed by atoms with Crippen molar-refractivity contribution >= 4 is 27.6 Å². The lowest BCUT2D eigenvalue weighted by Crippen LogP contribution is -2.08. The van der Waals surface area contributed by atoms with Crippen LogP contribution in [0.3, 0.4) is 0 Å². The van der Waals surface area contributed by atoms with Gasteiger partial charge in [-0.05, 0) is 36.8 Å². The van der Waals surface area contributed by atoms with E-state index in [2.05, 4.69) is 15.9 Å². The Bertz CT molecular complexity index is 658. The molecular weight excluding hydrogens is 325 g/mol. The third kappa shape index (κ3) is 3.36. The maximum Gasteiger partial charge on any atom is 0.338 e. The molecule has 0 heterocycles. The lowest BCUT2D eigenvalue weighted by Gasteiger charge is -2.09. The molecule has 0 aliphatic carbocycles. The summed E-state index contributed by atoms with van der Waals surface area (Å²) in [6, 6.07) is 9.29. The summed E-state index contributed by atoms with van der Waals surface area (Å²) < 4.78 is 18.7. The van der Waals surface area contributed by atoms with Crippen molar-refractivity contribution in [1.82, 2.24) is 0 Å². The zero-order valence-electron chi connectivity index (χ0n) is 10.8. The van der Waals surface area contributed by atoms with E-state index in [9.17, 15) is 9.18 Å². The van der Waals surface area contributed by atoms with Gasteiger partial charge in [0, 0.05) is 15.7 Å². The average molecular weight is 338 g/mol. The van der Waals surface area contributed by atoms with Gasteiger partial charge in [-0.3, -0.25) is 0 Å². The van der Waals surface area contributed by atoms with E-state index in [1.165, 1.54) is 12.1 Å². The smallest absolute Gasteiger partial charge is 0.338 e. The summed E-state index contributed by atoms with van der Waals surface area (Å²) in [6.45, 7) is 1.87. The molecule has 20 heavy (non-hydrogen) atoms. The zero-order valence-corrected chi connectivity index (χ0v) is 12.4. The van der Waals surface area contributed by atoms with Crippen LogP contribution in [0.1, 0.15) is 21.5 Å². The molecule has 2 aromatic carbocycles. The summed E-state index contributed by atoms with van der Waals surface area (Å²) in [5.41, 5.74) is 8.08. The van der Waals surface area contributed by atoms with Crippen LogP contribution in [0, 0.1) is 12.7 Å². The van der Waals surface area contributed by atoms with Crippen molar-refractivity contribution in [2.24, 2.45) is 0 Å². The van der Waals surface area contributed by atoms with Crippen LogP contribution in [-0.4, -0.2) is 5.97 Å². The molecule has 0 unspecified atom stereocenters. The molecule has 0 fully saturated rings. The number of anilines is 1. The van der Waals surface area contributed by atoms with E-state index in [1.807, 2.05) is 6.92 Å². The molecule has 0 saturated carbocycles. The van der Waals surface area contributed by atoms with Crippen molar-refractivity contribution in [1.29, 1.82) is 0 Å². The third-order valence-corrected chi connectivity index (χ3v) is 3.59. The molecule has 2 N–H and O–H groups in total. The number of nitrogens with two attached hydrogens (primary N) is 1. The maximum atomic E-state index is 13.0. The van der Waals surface area contributed by atoms with E-state index in [0.717, 1.165) is 5.56 Å². The van der Waals surface area contributed by atoms with E-state index in [-0.39, 0.29) is 12.4 Å². The SMILES string of the molecule is Cc1ccc(N)cc1C(=O)OCc1ccc(F)cc1Br. The summed E-state index contributed by atoms with van der Waals surface area (Å²) in [6.07, 6.45) is 0. The first-order chi connectivity index (χ1) is 9.47. The second-order valence-electron chi connectivity index (χ2n) is 4.39. The minimum Gasteiger partial charge on any atom is -0.457 e. The van der Waals surface area contributed by atoms with Gasteiger partial charge in [0.1, 0.15) is 12.4 Å². The van der Waals surface area contributed by atoms with Crippen LogP contribution in [0.4, 0.5) is 10.1 Å². The fraction of sp³-hybridized carbons (Fsp3) is 0.133. The summed E-state index contributed by atoms with van der Waals surface area (Å²) in [4.78, 5) is 12.0. The van der Waals surface area contributed by atoms with Gasteiger partial charge < -0.3 is 10.5 Å². The number of carbonyl (C=O) groups excluding carboxylic acids is 1. The predicted molar refractivity (Wildman–Crippen MR) is 78.8 cm³/mol. The normalized spacial score (nSPS) is 10.3. The molecule has 0 bridgehead atoms. The van der Waals surface area contributed by atoms with E-state index in [0.29, 0.717) is 21.3 Å². The number of carbonyl (C=O) groups is 1. The number of esters is 1. The standard InChI is InChI=1S/C15H13BrFNO2/c1-9-2-5-12(18)7-13(9)15(19)20-8-10-3-4-11(17)6-14(10)16/h2-7H,8,18H2,1H3. The highest BCUT2D eigenvalue weighted by molar-refractivity contribution is 9.10. The molecule has 0 aliphatic rings. The Morgan fingerprint density at radius 3 is 2.75 bits per heavy atom. The molecule has 104 valence electrons. The molecule has 0 radical (unpaired) electrons. The highest BCUT2D eigenvalue weighted by Gasteiger charge is 2.12.